The van der Waals surface area contributed by atoms with Crippen LogP contribution in [-0.2, 0) is 0 Å². The van der Waals surface area contributed by atoms with E-state index < -0.39 is 0 Å². The third kappa shape index (κ3) is 11.7. The van der Waals surface area contributed by atoms with Crippen molar-refractivity contribution in [3.05, 3.63) is 24.3 Å². The second-order valence-electron chi connectivity index (χ2n) is 8.44. The van der Waals surface area contributed by atoms with Crippen LogP contribution in [0.25, 0.3) is 0 Å². The van der Waals surface area contributed by atoms with Crippen molar-refractivity contribution in [2.45, 2.75) is 123 Å². The topological polar surface area (TPSA) is 0 Å². The minimum absolute atomic E-state index is 0.898. The fourth-order valence-corrected chi connectivity index (χ4v) is 4.35. The van der Waals surface area contributed by atoms with Crippen molar-refractivity contribution < 1.29 is 0 Å². The summed E-state index contributed by atoms with van der Waals surface area (Å²) in [4.78, 5) is 0. The Bertz CT molecular complexity index is 338. The summed E-state index contributed by atoms with van der Waals surface area (Å²) in [7, 11) is 0. The molecule has 0 aromatic carbocycles. The predicted octanol–water partition coefficient (Wildman–Crippen LogP) is 9.02. The summed E-state index contributed by atoms with van der Waals surface area (Å²) >= 11 is 0. The lowest BCUT2D eigenvalue weighted by molar-refractivity contribution is 0.404. The summed E-state index contributed by atoms with van der Waals surface area (Å²) in [6.45, 7) is 8.84. The molecule has 25 heavy (non-hydrogen) atoms. The summed E-state index contributed by atoms with van der Waals surface area (Å²) in [5, 5.41) is 0. The predicted molar refractivity (Wildman–Crippen MR) is 115 cm³/mol. The Balaban J connectivity index is 2.05. The van der Waals surface area contributed by atoms with Gasteiger partial charge in [-0.1, -0.05) is 89.5 Å². The van der Waals surface area contributed by atoms with Crippen LogP contribution in [-0.4, -0.2) is 0 Å². The van der Waals surface area contributed by atoms with Crippen molar-refractivity contribution in [3.63, 3.8) is 0 Å². The number of unbranched alkanes of at least 4 members (excludes halogenated alkanes) is 8. The molecule has 0 N–H and O–H groups in total. The van der Waals surface area contributed by atoms with Crippen LogP contribution in [0.3, 0.4) is 0 Å². The summed E-state index contributed by atoms with van der Waals surface area (Å²) in [5.74, 6) is 1.88. The molecule has 0 aromatic heterocycles. The van der Waals surface area contributed by atoms with Gasteiger partial charge in [-0.2, -0.15) is 0 Å². The van der Waals surface area contributed by atoms with Crippen LogP contribution >= 0.6 is 0 Å². The fraction of sp³-hybridized carbons (Fsp3) is 0.840. The average molecular weight is 347 g/mol. The fourth-order valence-electron chi connectivity index (χ4n) is 4.35. The van der Waals surface area contributed by atoms with E-state index in [9.17, 15) is 0 Å². The molecule has 0 heterocycles. The quantitative estimate of drug-likeness (QED) is 0.193. The molecule has 1 saturated carbocycles. The number of allylic oxidation sites excluding steroid dienone is 3. The number of hydrogen-bond donors (Lipinski definition) is 0. The van der Waals surface area contributed by atoms with E-state index in [-0.39, 0.29) is 0 Å². The van der Waals surface area contributed by atoms with Crippen LogP contribution in [0.5, 0.6) is 0 Å². The lowest BCUT2D eigenvalue weighted by atomic mass is 9.89. The molecule has 0 aliphatic heterocycles. The van der Waals surface area contributed by atoms with E-state index in [0.717, 1.165) is 11.8 Å². The molecular weight excluding hydrogens is 300 g/mol. The monoisotopic (exact) mass is 346 g/mol. The molecule has 0 heteroatoms. The van der Waals surface area contributed by atoms with Crippen LogP contribution in [0, 0.1) is 11.8 Å². The maximum absolute atomic E-state index is 4.26. The highest BCUT2D eigenvalue weighted by molar-refractivity contribution is 4.95. The Hall–Kier alpha value is -0.520. The van der Waals surface area contributed by atoms with Crippen molar-refractivity contribution in [3.8, 4) is 0 Å². The lowest BCUT2D eigenvalue weighted by Crippen LogP contribution is -2.05. The third-order valence-electron chi connectivity index (χ3n) is 6.06. The van der Waals surface area contributed by atoms with Crippen molar-refractivity contribution in [2.24, 2.45) is 11.8 Å². The Morgan fingerprint density at radius 1 is 0.840 bits per heavy atom. The molecule has 0 bridgehead atoms. The molecule has 1 aliphatic rings. The van der Waals surface area contributed by atoms with Gasteiger partial charge in [0, 0.05) is 0 Å². The van der Waals surface area contributed by atoms with Gasteiger partial charge in [0.2, 0.25) is 0 Å². The summed E-state index contributed by atoms with van der Waals surface area (Å²) in [6.07, 6.45) is 28.6. The van der Waals surface area contributed by atoms with Crippen LogP contribution in [0.1, 0.15) is 123 Å². The molecule has 0 radical (unpaired) electrons. The SMILES string of the molecule is C=C(CCCCC)CCCCC[C@H]1CCC[C@@H]1/C=C/CCCCCC. The number of rotatable bonds is 16. The zero-order chi connectivity index (χ0) is 18.2. The minimum Gasteiger partial charge on any atom is -0.0999 e. The van der Waals surface area contributed by atoms with E-state index in [0.29, 0.717) is 0 Å². The van der Waals surface area contributed by atoms with Gasteiger partial charge in [0.15, 0.2) is 0 Å². The normalized spacial score (nSPS) is 20.6. The maximum Gasteiger partial charge on any atom is -0.0205 e. The molecular formula is C25H46. The highest BCUT2D eigenvalue weighted by Gasteiger charge is 2.24. The third-order valence-corrected chi connectivity index (χ3v) is 6.06. The second-order valence-corrected chi connectivity index (χ2v) is 8.44. The molecule has 1 aliphatic carbocycles. The van der Waals surface area contributed by atoms with Gasteiger partial charge in [0.1, 0.15) is 0 Å². The van der Waals surface area contributed by atoms with Crippen molar-refractivity contribution in [1.82, 2.24) is 0 Å². The van der Waals surface area contributed by atoms with Crippen molar-refractivity contribution >= 4 is 0 Å². The van der Waals surface area contributed by atoms with Gasteiger partial charge in [0.05, 0.1) is 0 Å². The second kappa shape index (κ2) is 15.7. The Kier molecular flexibility index (Phi) is 14.2. The van der Waals surface area contributed by atoms with E-state index >= 15 is 0 Å². The van der Waals surface area contributed by atoms with Crippen molar-refractivity contribution in [1.29, 1.82) is 0 Å². The average Bonchev–Trinajstić information content (AvgIpc) is 3.05. The van der Waals surface area contributed by atoms with Crippen molar-refractivity contribution in [2.75, 3.05) is 0 Å². The van der Waals surface area contributed by atoms with Crippen LogP contribution in [0.15, 0.2) is 24.3 Å². The Morgan fingerprint density at radius 2 is 1.52 bits per heavy atom. The Labute approximate surface area is 159 Å². The summed E-state index contributed by atoms with van der Waals surface area (Å²) in [6, 6.07) is 0. The minimum atomic E-state index is 0.898. The molecule has 0 aromatic rings. The molecule has 0 amide bonds. The molecule has 0 nitrogen and oxygen atoms in total. The zero-order valence-corrected chi connectivity index (χ0v) is 17.5. The van der Waals surface area contributed by atoms with Gasteiger partial charge >= 0.3 is 0 Å². The molecule has 146 valence electrons. The Morgan fingerprint density at radius 3 is 2.28 bits per heavy atom. The molecule has 1 rings (SSSR count). The largest absolute Gasteiger partial charge is 0.0999 e. The molecule has 0 spiro atoms. The smallest absolute Gasteiger partial charge is 0.0205 e. The first-order valence-corrected chi connectivity index (χ1v) is 11.6. The summed E-state index contributed by atoms with van der Waals surface area (Å²) < 4.78 is 0. The van der Waals surface area contributed by atoms with E-state index in [1.807, 2.05) is 0 Å². The van der Waals surface area contributed by atoms with Gasteiger partial charge < -0.3 is 0 Å². The lowest BCUT2D eigenvalue weighted by Gasteiger charge is -2.16. The van der Waals surface area contributed by atoms with Crippen LogP contribution < -0.4 is 0 Å². The van der Waals surface area contributed by atoms with E-state index in [1.54, 1.807) is 0 Å². The molecule has 2 atom stereocenters. The summed E-state index contributed by atoms with van der Waals surface area (Å²) in [5.41, 5.74) is 1.50. The standard InChI is InChI=1S/C25H46/c1-4-6-8-9-10-14-19-24-21-16-22-25(24)20-15-11-13-18-23(3)17-12-7-5-2/h14,19,24-25H,3-13,15-18,20-22H2,1-2H3/b19-14+/t24-,25-/m0/s1. The number of hydrogen-bond acceptors (Lipinski definition) is 0. The van der Waals surface area contributed by atoms with E-state index in [1.165, 1.54) is 115 Å². The highest BCUT2D eigenvalue weighted by Crippen LogP contribution is 2.36. The first-order valence-electron chi connectivity index (χ1n) is 11.6. The van der Waals surface area contributed by atoms with Crippen LogP contribution in [0.4, 0.5) is 0 Å². The van der Waals surface area contributed by atoms with Gasteiger partial charge in [-0.25, -0.2) is 0 Å². The van der Waals surface area contributed by atoms with Crippen LogP contribution in [0.2, 0.25) is 0 Å². The first-order chi connectivity index (χ1) is 12.3. The molecule has 0 saturated heterocycles. The van der Waals surface area contributed by atoms with Gasteiger partial charge in [-0.3, -0.25) is 0 Å². The first kappa shape index (κ1) is 22.5. The van der Waals surface area contributed by atoms with E-state index in [4.69, 9.17) is 0 Å². The van der Waals surface area contributed by atoms with E-state index in [2.05, 4.69) is 32.6 Å². The zero-order valence-electron chi connectivity index (χ0n) is 17.5. The van der Waals surface area contributed by atoms with Gasteiger partial charge in [-0.15, -0.1) is 0 Å². The van der Waals surface area contributed by atoms with Gasteiger partial charge in [-0.05, 0) is 69.6 Å². The highest BCUT2D eigenvalue weighted by atomic mass is 14.3. The van der Waals surface area contributed by atoms with Gasteiger partial charge in [0.25, 0.3) is 0 Å². The molecule has 0 unspecified atom stereocenters. The molecule has 1 fully saturated rings. The maximum atomic E-state index is 4.26.